The second-order valence-corrected chi connectivity index (χ2v) is 5.59. The van der Waals surface area contributed by atoms with Crippen LogP contribution in [-0.2, 0) is 6.54 Å². The van der Waals surface area contributed by atoms with E-state index in [4.69, 9.17) is 4.42 Å². The largest absolute Gasteiger partial charge is 0.460 e. The molecule has 0 radical (unpaired) electrons. The molecule has 0 unspecified atom stereocenters. The van der Waals surface area contributed by atoms with Crippen LogP contribution in [0.4, 0.5) is 0 Å². The van der Waals surface area contributed by atoms with Crippen molar-refractivity contribution in [2.75, 3.05) is 26.7 Å². The van der Waals surface area contributed by atoms with Crippen molar-refractivity contribution in [3.63, 3.8) is 0 Å². The van der Waals surface area contributed by atoms with Gasteiger partial charge in [-0.15, -0.1) is 0 Å². The standard InChI is InChI=1S/C16H24N2O/c1-13(2)11-17-8-9-18(3)12-15-10-14-6-4-5-7-16(14)19-15/h4-7,10,13,17H,8-9,11-12H2,1-3H3. The smallest absolute Gasteiger partial charge is 0.134 e. The first-order chi connectivity index (χ1) is 9.15. The summed E-state index contributed by atoms with van der Waals surface area (Å²) >= 11 is 0. The number of hydrogen-bond donors (Lipinski definition) is 1. The highest BCUT2D eigenvalue weighted by Gasteiger charge is 2.06. The molecule has 0 aliphatic carbocycles. The molecule has 3 nitrogen and oxygen atoms in total. The number of benzene rings is 1. The van der Waals surface area contributed by atoms with E-state index in [2.05, 4.69) is 43.2 Å². The third kappa shape index (κ3) is 4.37. The van der Waals surface area contributed by atoms with Gasteiger partial charge in [-0.2, -0.15) is 0 Å². The molecular weight excluding hydrogens is 236 g/mol. The Bertz CT molecular complexity index is 471. The van der Waals surface area contributed by atoms with Gasteiger partial charge in [-0.25, -0.2) is 0 Å². The summed E-state index contributed by atoms with van der Waals surface area (Å²) in [5.41, 5.74) is 0.976. The second kappa shape index (κ2) is 6.73. The zero-order valence-electron chi connectivity index (χ0n) is 12.1. The van der Waals surface area contributed by atoms with Gasteiger partial charge in [0, 0.05) is 18.5 Å². The van der Waals surface area contributed by atoms with Crippen molar-refractivity contribution in [1.29, 1.82) is 0 Å². The number of furan rings is 1. The van der Waals surface area contributed by atoms with Gasteiger partial charge in [0.2, 0.25) is 0 Å². The third-order valence-electron chi connectivity index (χ3n) is 3.13. The predicted molar refractivity (Wildman–Crippen MR) is 80.3 cm³/mol. The van der Waals surface area contributed by atoms with Crippen LogP contribution in [0.3, 0.4) is 0 Å². The molecule has 0 spiro atoms. The number of rotatable bonds is 7. The average molecular weight is 260 g/mol. The van der Waals surface area contributed by atoms with Gasteiger partial charge in [0.05, 0.1) is 6.54 Å². The maximum Gasteiger partial charge on any atom is 0.134 e. The summed E-state index contributed by atoms with van der Waals surface area (Å²) in [6.07, 6.45) is 0. The fourth-order valence-corrected chi connectivity index (χ4v) is 2.12. The number of nitrogens with one attached hydrogen (secondary N) is 1. The van der Waals surface area contributed by atoms with Crippen LogP contribution in [0.2, 0.25) is 0 Å². The predicted octanol–water partition coefficient (Wildman–Crippen LogP) is 3.11. The monoisotopic (exact) mass is 260 g/mol. The molecule has 0 bridgehead atoms. The lowest BCUT2D eigenvalue weighted by molar-refractivity contribution is 0.296. The van der Waals surface area contributed by atoms with Crippen LogP contribution in [0, 0.1) is 5.92 Å². The van der Waals surface area contributed by atoms with Gasteiger partial charge in [-0.05, 0) is 31.6 Å². The van der Waals surface area contributed by atoms with Gasteiger partial charge in [0.1, 0.15) is 11.3 Å². The van der Waals surface area contributed by atoms with Gasteiger partial charge in [0.25, 0.3) is 0 Å². The Morgan fingerprint density at radius 1 is 1.26 bits per heavy atom. The molecule has 3 heteroatoms. The SMILES string of the molecule is CC(C)CNCCN(C)Cc1cc2ccccc2o1. The van der Waals surface area contributed by atoms with E-state index in [0.29, 0.717) is 5.92 Å². The molecular formula is C16H24N2O. The minimum Gasteiger partial charge on any atom is -0.460 e. The Morgan fingerprint density at radius 3 is 2.79 bits per heavy atom. The number of hydrogen-bond acceptors (Lipinski definition) is 3. The number of nitrogens with zero attached hydrogens (tertiary/aromatic N) is 1. The van der Waals surface area contributed by atoms with Crippen LogP contribution in [0.5, 0.6) is 0 Å². The van der Waals surface area contributed by atoms with Crippen molar-refractivity contribution < 1.29 is 4.42 Å². The Balaban J connectivity index is 1.80. The van der Waals surface area contributed by atoms with Crippen LogP contribution >= 0.6 is 0 Å². The first-order valence-electron chi connectivity index (χ1n) is 7.02. The molecule has 0 saturated heterocycles. The second-order valence-electron chi connectivity index (χ2n) is 5.59. The van der Waals surface area contributed by atoms with E-state index in [-0.39, 0.29) is 0 Å². The van der Waals surface area contributed by atoms with Crippen LogP contribution in [-0.4, -0.2) is 31.6 Å². The quantitative estimate of drug-likeness (QED) is 0.775. The zero-order valence-corrected chi connectivity index (χ0v) is 12.1. The Morgan fingerprint density at radius 2 is 2.05 bits per heavy atom. The Hall–Kier alpha value is -1.32. The van der Waals surface area contributed by atoms with Crippen molar-refractivity contribution >= 4 is 11.0 Å². The Labute approximate surface area is 115 Å². The average Bonchev–Trinajstić information content (AvgIpc) is 2.76. The van der Waals surface area contributed by atoms with Crippen molar-refractivity contribution in [2.45, 2.75) is 20.4 Å². The molecule has 0 aliphatic heterocycles. The fourth-order valence-electron chi connectivity index (χ4n) is 2.12. The molecule has 1 aromatic carbocycles. The van der Waals surface area contributed by atoms with Crippen LogP contribution in [0.1, 0.15) is 19.6 Å². The summed E-state index contributed by atoms with van der Waals surface area (Å²) < 4.78 is 5.82. The third-order valence-corrected chi connectivity index (χ3v) is 3.13. The van der Waals surface area contributed by atoms with Gasteiger partial charge >= 0.3 is 0 Å². The number of para-hydroxylation sites is 1. The molecule has 104 valence electrons. The highest BCUT2D eigenvalue weighted by Crippen LogP contribution is 2.19. The summed E-state index contributed by atoms with van der Waals surface area (Å²) in [4.78, 5) is 2.28. The summed E-state index contributed by atoms with van der Waals surface area (Å²) in [6.45, 7) is 8.45. The van der Waals surface area contributed by atoms with Crippen molar-refractivity contribution in [2.24, 2.45) is 5.92 Å². The van der Waals surface area contributed by atoms with E-state index >= 15 is 0 Å². The van der Waals surface area contributed by atoms with Gasteiger partial charge < -0.3 is 9.73 Å². The lowest BCUT2D eigenvalue weighted by Gasteiger charge is -2.16. The summed E-state index contributed by atoms with van der Waals surface area (Å²) in [7, 11) is 2.13. The lowest BCUT2D eigenvalue weighted by Crippen LogP contribution is -2.30. The van der Waals surface area contributed by atoms with Crippen LogP contribution in [0.25, 0.3) is 11.0 Å². The highest BCUT2D eigenvalue weighted by molar-refractivity contribution is 5.77. The molecule has 2 aromatic rings. The van der Waals surface area contributed by atoms with Gasteiger partial charge in [-0.1, -0.05) is 32.0 Å². The molecule has 1 heterocycles. The molecule has 0 fully saturated rings. The molecule has 2 rings (SSSR count). The molecule has 0 aliphatic rings. The van der Waals surface area contributed by atoms with E-state index in [1.807, 2.05) is 18.2 Å². The topological polar surface area (TPSA) is 28.4 Å². The number of likely N-dealkylation sites (N-methyl/N-ethyl adjacent to an activating group) is 1. The molecule has 1 N–H and O–H groups in total. The molecule has 0 amide bonds. The van der Waals surface area contributed by atoms with E-state index in [1.54, 1.807) is 0 Å². The normalized spacial score (nSPS) is 11.8. The lowest BCUT2D eigenvalue weighted by atomic mass is 10.2. The van der Waals surface area contributed by atoms with Crippen LogP contribution < -0.4 is 5.32 Å². The Kier molecular flexibility index (Phi) is 5.00. The molecule has 0 saturated carbocycles. The molecule has 19 heavy (non-hydrogen) atoms. The van der Waals surface area contributed by atoms with E-state index in [1.165, 1.54) is 5.39 Å². The van der Waals surface area contributed by atoms with Gasteiger partial charge in [0.15, 0.2) is 0 Å². The first kappa shape index (κ1) is 14.1. The first-order valence-corrected chi connectivity index (χ1v) is 7.02. The number of fused-ring (bicyclic) bond motifs is 1. The minimum atomic E-state index is 0.709. The maximum absolute atomic E-state index is 5.82. The van der Waals surface area contributed by atoms with E-state index < -0.39 is 0 Å². The van der Waals surface area contributed by atoms with Crippen molar-refractivity contribution in [3.05, 3.63) is 36.1 Å². The fraction of sp³-hybridized carbons (Fsp3) is 0.500. The zero-order chi connectivity index (χ0) is 13.7. The molecule has 0 atom stereocenters. The van der Waals surface area contributed by atoms with Crippen LogP contribution in [0.15, 0.2) is 34.7 Å². The minimum absolute atomic E-state index is 0.709. The van der Waals surface area contributed by atoms with Crippen molar-refractivity contribution in [3.8, 4) is 0 Å². The van der Waals surface area contributed by atoms with E-state index in [9.17, 15) is 0 Å². The summed E-state index contributed by atoms with van der Waals surface area (Å²) in [5.74, 6) is 1.74. The van der Waals surface area contributed by atoms with Gasteiger partial charge in [-0.3, -0.25) is 4.90 Å². The summed E-state index contributed by atoms with van der Waals surface area (Å²) in [5, 5.41) is 4.64. The summed E-state index contributed by atoms with van der Waals surface area (Å²) in [6, 6.07) is 10.3. The van der Waals surface area contributed by atoms with Crippen molar-refractivity contribution in [1.82, 2.24) is 10.2 Å². The van der Waals surface area contributed by atoms with E-state index in [0.717, 1.165) is 37.5 Å². The molecule has 1 aromatic heterocycles. The highest BCUT2D eigenvalue weighted by atomic mass is 16.3. The maximum atomic E-state index is 5.82.